The SMILES string of the molecule is C/C=C(\NC(C)=O)C(=O)OC(C)(C)C. The van der Waals surface area contributed by atoms with E-state index in [4.69, 9.17) is 4.74 Å². The molecule has 0 saturated carbocycles. The first-order valence-corrected chi connectivity index (χ1v) is 4.43. The van der Waals surface area contributed by atoms with E-state index in [9.17, 15) is 9.59 Å². The molecule has 0 aliphatic carbocycles. The monoisotopic (exact) mass is 199 g/mol. The molecule has 4 heteroatoms. The van der Waals surface area contributed by atoms with Gasteiger partial charge in [0.25, 0.3) is 0 Å². The van der Waals surface area contributed by atoms with Crippen molar-refractivity contribution in [2.24, 2.45) is 0 Å². The maximum Gasteiger partial charge on any atom is 0.354 e. The predicted molar refractivity (Wildman–Crippen MR) is 53.4 cm³/mol. The summed E-state index contributed by atoms with van der Waals surface area (Å²) in [4.78, 5) is 22.1. The average molecular weight is 199 g/mol. The molecule has 0 rings (SSSR count). The Morgan fingerprint density at radius 1 is 1.29 bits per heavy atom. The Kier molecular flexibility index (Phi) is 4.34. The molecule has 0 aliphatic heterocycles. The first-order chi connectivity index (χ1) is 6.26. The van der Waals surface area contributed by atoms with Crippen LogP contribution < -0.4 is 5.32 Å². The maximum atomic E-state index is 11.4. The number of nitrogens with one attached hydrogen (secondary N) is 1. The lowest BCUT2D eigenvalue weighted by Crippen LogP contribution is -2.31. The van der Waals surface area contributed by atoms with Crippen molar-refractivity contribution in [3.8, 4) is 0 Å². The largest absolute Gasteiger partial charge is 0.455 e. The number of esters is 1. The van der Waals surface area contributed by atoms with Gasteiger partial charge >= 0.3 is 5.97 Å². The van der Waals surface area contributed by atoms with Crippen molar-refractivity contribution >= 4 is 11.9 Å². The smallest absolute Gasteiger partial charge is 0.354 e. The van der Waals surface area contributed by atoms with Gasteiger partial charge in [0.15, 0.2) is 0 Å². The van der Waals surface area contributed by atoms with Gasteiger partial charge in [0.05, 0.1) is 0 Å². The number of hydrogen-bond acceptors (Lipinski definition) is 3. The number of hydrogen-bond donors (Lipinski definition) is 1. The third-order valence-corrected chi connectivity index (χ3v) is 1.22. The zero-order chi connectivity index (χ0) is 11.4. The molecule has 1 amide bonds. The molecule has 0 fully saturated rings. The van der Waals surface area contributed by atoms with Crippen LogP contribution in [0.25, 0.3) is 0 Å². The fourth-order valence-electron chi connectivity index (χ4n) is 0.764. The van der Waals surface area contributed by atoms with Crippen LogP contribution in [0.2, 0.25) is 0 Å². The van der Waals surface area contributed by atoms with Gasteiger partial charge in [-0.05, 0) is 27.7 Å². The van der Waals surface area contributed by atoms with E-state index >= 15 is 0 Å². The van der Waals surface area contributed by atoms with Gasteiger partial charge in [0, 0.05) is 6.92 Å². The highest BCUT2D eigenvalue weighted by atomic mass is 16.6. The molecule has 0 spiro atoms. The number of carbonyl (C=O) groups excluding carboxylic acids is 2. The lowest BCUT2D eigenvalue weighted by atomic mass is 10.2. The van der Waals surface area contributed by atoms with Crippen LogP contribution in [0, 0.1) is 0 Å². The molecule has 0 heterocycles. The third kappa shape index (κ3) is 5.35. The van der Waals surface area contributed by atoms with Crippen LogP contribution in [0.1, 0.15) is 34.6 Å². The molecule has 4 nitrogen and oxygen atoms in total. The van der Waals surface area contributed by atoms with Gasteiger partial charge in [-0.2, -0.15) is 0 Å². The van der Waals surface area contributed by atoms with E-state index in [0.717, 1.165) is 0 Å². The van der Waals surface area contributed by atoms with E-state index in [0.29, 0.717) is 0 Å². The van der Waals surface area contributed by atoms with Gasteiger partial charge < -0.3 is 10.1 Å². The van der Waals surface area contributed by atoms with E-state index in [2.05, 4.69) is 5.32 Å². The third-order valence-electron chi connectivity index (χ3n) is 1.22. The van der Waals surface area contributed by atoms with Gasteiger partial charge in [-0.3, -0.25) is 4.79 Å². The topological polar surface area (TPSA) is 55.4 Å². The number of amides is 1. The second-order valence-electron chi connectivity index (χ2n) is 3.89. The molecular formula is C10H17NO3. The summed E-state index contributed by atoms with van der Waals surface area (Å²) in [5, 5.41) is 2.40. The Labute approximate surface area is 84.3 Å². The summed E-state index contributed by atoms with van der Waals surface area (Å²) >= 11 is 0. The van der Waals surface area contributed by atoms with E-state index in [1.807, 2.05) is 0 Å². The van der Waals surface area contributed by atoms with Crippen LogP contribution in [0.4, 0.5) is 0 Å². The molecule has 1 N–H and O–H groups in total. The van der Waals surface area contributed by atoms with Gasteiger partial charge in [-0.25, -0.2) is 4.79 Å². The summed E-state index contributed by atoms with van der Waals surface area (Å²) in [6.07, 6.45) is 1.51. The number of ether oxygens (including phenoxy) is 1. The lowest BCUT2D eigenvalue weighted by molar-refractivity contribution is -0.151. The van der Waals surface area contributed by atoms with Gasteiger partial charge in [0.2, 0.25) is 5.91 Å². The molecule has 0 aromatic carbocycles. The Morgan fingerprint density at radius 2 is 1.79 bits per heavy atom. The molecule has 0 aromatic rings. The van der Waals surface area contributed by atoms with Crippen LogP contribution in [0.3, 0.4) is 0 Å². The second-order valence-corrected chi connectivity index (χ2v) is 3.89. The highest BCUT2D eigenvalue weighted by Crippen LogP contribution is 2.09. The molecule has 80 valence electrons. The number of allylic oxidation sites excluding steroid dienone is 1. The summed E-state index contributed by atoms with van der Waals surface area (Å²) in [5.41, 5.74) is -0.378. The van der Waals surface area contributed by atoms with Gasteiger partial charge in [-0.15, -0.1) is 0 Å². The van der Waals surface area contributed by atoms with Crippen LogP contribution in [-0.2, 0) is 14.3 Å². The summed E-state index contributed by atoms with van der Waals surface area (Å²) in [6, 6.07) is 0. The second kappa shape index (κ2) is 4.79. The van der Waals surface area contributed by atoms with Gasteiger partial charge in [0.1, 0.15) is 11.3 Å². The standard InChI is InChI=1S/C10H17NO3/c1-6-8(11-7(2)12)9(13)14-10(3,4)5/h6H,1-5H3,(H,11,12)/b8-6-. The van der Waals surface area contributed by atoms with Crippen molar-refractivity contribution in [3.63, 3.8) is 0 Å². The van der Waals surface area contributed by atoms with Crippen molar-refractivity contribution in [1.82, 2.24) is 5.32 Å². The summed E-state index contributed by atoms with van der Waals surface area (Å²) in [7, 11) is 0. The number of carbonyl (C=O) groups is 2. The fourth-order valence-corrected chi connectivity index (χ4v) is 0.764. The quantitative estimate of drug-likeness (QED) is 0.539. The highest BCUT2D eigenvalue weighted by molar-refractivity contribution is 5.93. The fraction of sp³-hybridized carbons (Fsp3) is 0.600. The molecule has 0 bridgehead atoms. The van der Waals surface area contributed by atoms with E-state index in [-0.39, 0.29) is 11.6 Å². The van der Waals surface area contributed by atoms with E-state index < -0.39 is 11.6 Å². The summed E-state index contributed by atoms with van der Waals surface area (Å²) in [5.74, 6) is -0.806. The molecule has 0 aromatic heterocycles. The first-order valence-electron chi connectivity index (χ1n) is 4.43. The van der Waals surface area contributed by atoms with Crippen LogP contribution in [0.15, 0.2) is 11.8 Å². The zero-order valence-corrected chi connectivity index (χ0v) is 9.30. The Hall–Kier alpha value is -1.32. The minimum atomic E-state index is -0.552. The average Bonchev–Trinajstić information content (AvgIpc) is 1.96. The number of rotatable bonds is 2. The molecular weight excluding hydrogens is 182 g/mol. The van der Waals surface area contributed by atoms with Crippen LogP contribution in [0.5, 0.6) is 0 Å². The summed E-state index contributed by atoms with van der Waals surface area (Å²) < 4.78 is 5.07. The molecule has 0 atom stereocenters. The van der Waals surface area contributed by atoms with Crippen molar-refractivity contribution in [2.75, 3.05) is 0 Å². The predicted octanol–water partition coefficient (Wildman–Crippen LogP) is 1.37. The normalized spacial score (nSPS) is 12.2. The van der Waals surface area contributed by atoms with Crippen molar-refractivity contribution in [1.29, 1.82) is 0 Å². The van der Waals surface area contributed by atoms with Crippen molar-refractivity contribution in [2.45, 2.75) is 40.2 Å². The summed E-state index contributed by atoms with van der Waals surface area (Å²) in [6.45, 7) is 8.31. The molecule has 0 radical (unpaired) electrons. The minimum Gasteiger partial charge on any atom is -0.455 e. The Morgan fingerprint density at radius 3 is 2.07 bits per heavy atom. The van der Waals surface area contributed by atoms with E-state index in [1.54, 1.807) is 27.7 Å². The molecule has 0 unspecified atom stereocenters. The maximum absolute atomic E-state index is 11.4. The van der Waals surface area contributed by atoms with Crippen LogP contribution >= 0.6 is 0 Å². The molecule has 0 saturated heterocycles. The van der Waals surface area contributed by atoms with Gasteiger partial charge in [-0.1, -0.05) is 6.08 Å². The Bertz CT molecular complexity index is 261. The zero-order valence-electron chi connectivity index (χ0n) is 9.30. The van der Waals surface area contributed by atoms with Crippen molar-refractivity contribution in [3.05, 3.63) is 11.8 Å². The lowest BCUT2D eigenvalue weighted by Gasteiger charge is -2.20. The van der Waals surface area contributed by atoms with Crippen molar-refractivity contribution < 1.29 is 14.3 Å². The van der Waals surface area contributed by atoms with E-state index in [1.165, 1.54) is 13.0 Å². The molecule has 0 aliphatic rings. The Balaban J connectivity index is 4.43. The highest BCUT2D eigenvalue weighted by Gasteiger charge is 2.19. The van der Waals surface area contributed by atoms with Crippen LogP contribution in [-0.4, -0.2) is 17.5 Å². The first kappa shape index (κ1) is 12.7. The minimum absolute atomic E-state index is 0.174. The molecule has 14 heavy (non-hydrogen) atoms.